The lowest BCUT2D eigenvalue weighted by atomic mass is 10.0. The molecule has 0 saturated heterocycles. The Hall–Kier alpha value is -2.49. The SMILES string of the molecule is COc1ccccc1OCCNC(=O)c1cccc(C)c1C. The zero-order valence-corrected chi connectivity index (χ0v) is 13.2. The number of amides is 1. The topological polar surface area (TPSA) is 47.6 Å². The van der Waals surface area contributed by atoms with E-state index in [1.807, 2.05) is 56.3 Å². The minimum Gasteiger partial charge on any atom is -0.493 e. The first-order valence-corrected chi connectivity index (χ1v) is 7.23. The lowest BCUT2D eigenvalue weighted by Gasteiger charge is -2.12. The maximum atomic E-state index is 12.2. The summed E-state index contributed by atoms with van der Waals surface area (Å²) >= 11 is 0. The van der Waals surface area contributed by atoms with Crippen LogP contribution in [-0.4, -0.2) is 26.2 Å². The Morgan fingerprint density at radius 3 is 2.50 bits per heavy atom. The van der Waals surface area contributed by atoms with Crippen LogP contribution in [0, 0.1) is 13.8 Å². The molecule has 0 atom stereocenters. The number of hydrogen-bond donors (Lipinski definition) is 1. The molecule has 2 aromatic carbocycles. The summed E-state index contributed by atoms with van der Waals surface area (Å²) in [7, 11) is 1.60. The van der Waals surface area contributed by atoms with Gasteiger partial charge in [0.25, 0.3) is 5.91 Å². The molecule has 2 rings (SSSR count). The van der Waals surface area contributed by atoms with Gasteiger partial charge in [0.2, 0.25) is 0 Å². The molecule has 1 N–H and O–H groups in total. The van der Waals surface area contributed by atoms with Gasteiger partial charge in [0.05, 0.1) is 13.7 Å². The van der Waals surface area contributed by atoms with Crippen LogP contribution in [0.3, 0.4) is 0 Å². The molecule has 0 aliphatic rings. The van der Waals surface area contributed by atoms with Crippen molar-refractivity contribution in [1.29, 1.82) is 0 Å². The fourth-order valence-corrected chi connectivity index (χ4v) is 2.16. The Labute approximate surface area is 131 Å². The van der Waals surface area contributed by atoms with Gasteiger partial charge < -0.3 is 14.8 Å². The average molecular weight is 299 g/mol. The van der Waals surface area contributed by atoms with Crippen LogP contribution in [-0.2, 0) is 0 Å². The van der Waals surface area contributed by atoms with Gasteiger partial charge in [-0.2, -0.15) is 0 Å². The molecular weight excluding hydrogens is 278 g/mol. The number of carbonyl (C=O) groups excluding carboxylic acids is 1. The summed E-state index contributed by atoms with van der Waals surface area (Å²) in [4.78, 5) is 12.2. The Morgan fingerprint density at radius 1 is 1.05 bits per heavy atom. The van der Waals surface area contributed by atoms with Crippen molar-refractivity contribution in [2.45, 2.75) is 13.8 Å². The number of aryl methyl sites for hydroxylation is 1. The predicted octanol–water partition coefficient (Wildman–Crippen LogP) is 3.12. The van der Waals surface area contributed by atoms with Gasteiger partial charge in [-0.3, -0.25) is 4.79 Å². The van der Waals surface area contributed by atoms with Crippen LogP contribution in [0.2, 0.25) is 0 Å². The summed E-state index contributed by atoms with van der Waals surface area (Å²) in [5, 5.41) is 2.87. The summed E-state index contributed by atoms with van der Waals surface area (Å²) in [6.45, 7) is 4.77. The van der Waals surface area contributed by atoms with Crippen LogP contribution in [0.1, 0.15) is 21.5 Å². The summed E-state index contributed by atoms with van der Waals surface area (Å²) in [6, 6.07) is 13.2. The molecule has 116 valence electrons. The van der Waals surface area contributed by atoms with Gasteiger partial charge in [0.1, 0.15) is 6.61 Å². The minimum atomic E-state index is -0.0789. The number of nitrogens with one attached hydrogen (secondary N) is 1. The number of methoxy groups -OCH3 is 1. The number of para-hydroxylation sites is 2. The fraction of sp³-hybridized carbons (Fsp3) is 0.278. The van der Waals surface area contributed by atoms with E-state index in [-0.39, 0.29) is 5.91 Å². The number of rotatable bonds is 6. The minimum absolute atomic E-state index is 0.0789. The molecule has 0 aliphatic heterocycles. The Balaban J connectivity index is 1.86. The average Bonchev–Trinajstić information content (AvgIpc) is 2.54. The molecule has 4 heteroatoms. The zero-order chi connectivity index (χ0) is 15.9. The molecule has 0 bridgehead atoms. The van der Waals surface area contributed by atoms with Gasteiger partial charge in [0.15, 0.2) is 11.5 Å². The largest absolute Gasteiger partial charge is 0.493 e. The second-order valence-electron chi connectivity index (χ2n) is 5.00. The highest BCUT2D eigenvalue weighted by Gasteiger charge is 2.09. The molecule has 0 saturated carbocycles. The Morgan fingerprint density at radius 2 is 1.77 bits per heavy atom. The van der Waals surface area contributed by atoms with Crippen LogP contribution >= 0.6 is 0 Å². The second kappa shape index (κ2) is 7.50. The van der Waals surface area contributed by atoms with Gasteiger partial charge >= 0.3 is 0 Å². The van der Waals surface area contributed by atoms with Crippen LogP contribution < -0.4 is 14.8 Å². The maximum absolute atomic E-state index is 12.2. The van der Waals surface area contributed by atoms with E-state index in [2.05, 4.69) is 5.32 Å². The molecule has 0 fully saturated rings. The van der Waals surface area contributed by atoms with Gasteiger partial charge in [-0.15, -0.1) is 0 Å². The number of hydrogen-bond acceptors (Lipinski definition) is 3. The van der Waals surface area contributed by atoms with E-state index in [1.165, 1.54) is 0 Å². The van der Waals surface area contributed by atoms with Crippen molar-refractivity contribution in [3.8, 4) is 11.5 Å². The normalized spacial score (nSPS) is 10.1. The van der Waals surface area contributed by atoms with E-state index in [9.17, 15) is 4.79 Å². The van der Waals surface area contributed by atoms with Crippen molar-refractivity contribution in [3.05, 3.63) is 59.2 Å². The number of ether oxygens (including phenoxy) is 2. The van der Waals surface area contributed by atoms with Crippen molar-refractivity contribution < 1.29 is 14.3 Å². The van der Waals surface area contributed by atoms with E-state index in [0.717, 1.165) is 11.1 Å². The van der Waals surface area contributed by atoms with E-state index in [0.29, 0.717) is 30.2 Å². The molecule has 0 unspecified atom stereocenters. The number of carbonyl (C=O) groups is 1. The summed E-state index contributed by atoms with van der Waals surface area (Å²) < 4.78 is 10.8. The molecule has 1 amide bonds. The van der Waals surface area contributed by atoms with E-state index >= 15 is 0 Å². The van der Waals surface area contributed by atoms with Gasteiger partial charge in [0, 0.05) is 5.56 Å². The van der Waals surface area contributed by atoms with Gasteiger partial charge in [-0.25, -0.2) is 0 Å². The van der Waals surface area contributed by atoms with E-state index in [4.69, 9.17) is 9.47 Å². The fourth-order valence-electron chi connectivity index (χ4n) is 2.16. The summed E-state index contributed by atoms with van der Waals surface area (Å²) in [5.74, 6) is 1.28. The third kappa shape index (κ3) is 3.79. The lowest BCUT2D eigenvalue weighted by molar-refractivity contribution is 0.0946. The quantitative estimate of drug-likeness (QED) is 0.834. The second-order valence-corrected chi connectivity index (χ2v) is 5.00. The standard InChI is InChI=1S/C18H21NO3/c1-13-7-6-8-15(14(13)2)18(20)19-11-12-22-17-10-5-4-9-16(17)21-3/h4-10H,11-12H2,1-3H3,(H,19,20). The molecule has 0 spiro atoms. The lowest BCUT2D eigenvalue weighted by Crippen LogP contribution is -2.28. The molecule has 0 aromatic heterocycles. The monoisotopic (exact) mass is 299 g/mol. The summed E-state index contributed by atoms with van der Waals surface area (Å²) in [6.07, 6.45) is 0. The van der Waals surface area contributed by atoms with E-state index < -0.39 is 0 Å². The first kappa shape index (κ1) is 15.9. The van der Waals surface area contributed by atoms with Crippen molar-refractivity contribution in [3.63, 3.8) is 0 Å². The van der Waals surface area contributed by atoms with Gasteiger partial charge in [-0.05, 0) is 43.2 Å². The Kier molecular flexibility index (Phi) is 5.42. The van der Waals surface area contributed by atoms with Crippen molar-refractivity contribution in [1.82, 2.24) is 5.32 Å². The molecule has 2 aromatic rings. The molecule has 0 radical (unpaired) electrons. The van der Waals surface area contributed by atoms with Crippen LogP contribution in [0.25, 0.3) is 0 Å². The van der Waals surface area contributed by atoms with Gasteiger partial charge in [-0.1, -0.05) is 24.3 Å². The molecule has 0 aliphatic carbocycles. The first-order chi connectivity index (χ1) is 10.6. The smallest absolute Gasteiger partial charge is 0.251 e. The van der Waals surface area contributed by atoms with Crippen molar-refractivity contribution >= 4 is 5.91 Å². The highest BCUT2D eigenvalue weighted by Crippen LogP contribution is 2.25. The van der Waals surface area contributed by atoms with E-state index in [1.54, 1.807) is 7.11 Å². The third-order valence-electron chi connectivity index (χ3n) is 3.56. The maximum Gasteiger partial charge on any atom is 0.251 e. The summed E-state index contributed by atoms with van der Waals surface area (Å²) in [5.41, 5.74) is 2.82. The van der Waals surface area contributed by atoms with Crippen LogP contribution in [0.15, 0.2) is 42.5 Å². The number of benzene rings is 2. The third-order valence-corrected chi connectivity index (χ3v) is 3.56. The molecule has 22 heavy (non-hydrogen) atoms. The van der Waals surface area contributed by atoms with Crippen molar-refractivity contribution in [2.75, 3.05) is 20.3 Å². The molecule has 0 heterocycles. The molecular formula is C18H21NO3. The predicted molar refractivity (Wildman–Crippen MR) is 86.7 cm³/mol. The van der Waals surface area contributed by atoms with Crippen LogP contribution in [0.4, 0.5) is 0 Å². The highest BCUT2D eigenvalue weighted by molar-refractivity contribution is 5.95. The molecule has 4 nitrogen and oxygen atoms in total. The van der Waals surface area contributed by atoms with Crippen molar-refractivity contribution in [2.24, 2.45) is 0 Å². The zero-order valence-electron chi connectivity index (χ0n) is 13.2. The van der Waals surface area contributed by atoms with Crippen LogP contribution in [0.5, 0.6) is 11.5 Å². The first-order valence-electron chi connectivity index (χ1n) is 7.23. The Bertz CT molecular complexity index is 653. The highest BCUT2D eigenvalue weighted by atomic mass is 16.5.